The van der Waals surface area contributed by atoms with Crippen molar-refractivity contribution < 1.29 is 9.18 Å². The van der Waals surface area contributed by atoms with Gasteiger partial charge in [-0.15, -0.1) is 0 Å². The molecule has 2 N–H and O–H groups in total. The second kappa shape index (κ2) is 4.48. The van der Waals surface area contributed by atoms with E-state index in [0.717, 1.165) is 5.69 Å². The van der Waals surface area contributed by atoms with Crippen molar-refractivity contribution in [2.24, 2.45) is 5.73 Å². The van der Waals surface area contributed by atoms with Crippen LogP contribution in [0.5, 0.6) is 0 Å². The number of halogens is 1. The van der Waals surface area contributed by atoms with E-state index in [1.807, 2.05) is 30.3 Å². The normalized spacial score (nSPS) is 22.2. The van der Waals surface area contributed by atoms with Crippen molar-refractivity contribution in [1.82, 2.24) is 0 Å². The van der Waals surface area contributed by atoms with E-state index in [1.54, 1.807) is 23.1 Å². The van der Waals surface area contributed by atoms with Gasteiger partial charge in [-0.1, -0.05) is 36.4 Å². The molecule has 19 heavy (non-hydrogen) atoms. The first-order valence-corrected chi connectivity index (χ1v) is 6.08. The van der Waals surface area contributed by atoms with E-state index in [1.165, 1.54) is 6.07 Å². The molecule has 1 fully saturated rings. The zero-order valence-electron chi connectivity index (χ0n) is 10.2. The first kappa shape index (κ1) is 11.9. The van der Waals surface area contributed by atoms with Gasteiger partial charge in [0.1, 0.15) is 11.9 Å². The van der Waals surface area contributed by atoms with Crippen LogP contribution in [0, 0.1) is 5.82 Å². The molecule has 1 heterocycles. The topological polar surface area (TPSA) is 46.3 Å². The Hall–Kier alpha value is -2.20. The number of carbonyl (C=O) groups excluding carboxylic acids is 1. The minimum Gasteiger partial charge on any atom is -0.318 e. The molecule has 1 aliphatic rings. The number of carbonyl (C=O) groups is 1. The maximum Gasteiger partial charge on any atom is 0.247 e. The zero-order valence-corrected chi connectivity index (χ0v) is 10.2. The molecular formula is C15H13FN2O. The highest BCUT2D eigenvalue weighted by molar-refractivity contribution is 6.05. The fraction of sp³-hybridized carbons (Fsp3) is 0.133. The van der Waals surface area contributed by atoms with Gasteiger partial charge >= 0.3 is 0 Å². The summed E-state index contributed by atoms with van der Waals surface area (Å²) in [4.78, 5) is 13.5. The van der Waals surface area contributed by atoms with Gasteiger partial charge in [-0.3, -0.25) is 4.79 Å². The van der Waals surface area contributed by atoms with Crippen molar-refractivity contribution >= 4 is 11.6 Å². The third-order valence-electron chi connectivity index (χ3n) is 3.40. The monoisotopic (exact) mass is 256 g/mol. The summed E-state index contributed by atoms with van der Waals surface area (Å²) in [5, 5.41) is 0. The van der Waals surface area contributed by atoms with Crippen molar-refractivity contribution in [3.05, 3.63) is 66.0 Å². The Bertz CT molecular complexity index is 615. The van der Waals surface area contributed by atoms with Crippen LogP contribution in [0.1, 0.15) is 11.6 Å². The molecule has 2 aromatic rings. The summed E-state index contributed by atoms with van der Waals surface area (Å²) >= 11 is 0. The minimum atomic E-state index is -0.683. The number of nitrogens with zero attached hydrogens (tertiary/aromatic N) is 1. The Morgan fingerprint density at radius 1 is 1.00 bits per heavy atom. The second-order valence-electron chi connectivity index (χ2n) is 4.54. The summed E-state index contributed by atoms with van der Waals surface area (Å²) in [5.74, 6) is -0.518. The van der Waals surface area contributed by atoms with E-state index in [2.05, 4.69) is 0 Å². The maximum atomic E-state index is 13.9. The van der Waals surface area contributed by atoms with Gasteiger partial charge < -0.3 is 10.6 Å². The predicted molar refractivity (Wildman–Crippen MR) is 71.0 cm³/mol. The number of para-hydroxylation sites is 1. The van der Waals surface area contributed by atoms with Gasteiger partial charge in [-0.05, 0) is 18.2 Å². The van der Waals surface area contributed by atoms with Crippen LogP contribution >= 0.6 is 0 Å². The third kappa shape index (κ3) is 1.81. The Balaban J connectivity index is 2.01. The Labute approximate surface area is 110 Å². The molecule has 0 aromatic heterocycles. The summed E-state index contributed by atoms with van der Waals surface area (Å²) in [6.07, 6.45) is 0. The molecule has 2 aromatic carbocycles. The summed E-state index contributed by atoms with van der Waals surface area (Å²) in [6, 6.07) is 14.5. The van der Waals surface area contributed by atoms with Crippen molar-refractivity contribution in [3.8, 4) is 0 Å². The first-order valence-electron chi connectivity index (χ1n) is 6.08. The lowest BCUT2D eigenvalue weighted by molar-refractivity contribution is -0.126. The van der Waals surface area contributed by atoms with E-state index in [4.69, 9.17) is 5.73 Å². The fourth-order valence-corrected chi connectivity index (χ4v) is 2.44. The molecule has 0 spiro atoms. The summed E-state index contributed by atoms with van der Waals surface area (Å²) in [7, 11) is 0. The van der Waals surface area contributed by atoms with Gasteiger partial charge in [0.05, 0.1) is 6.04 Å². The highest BCUT2D eigenvalue weighted by atomic mass is 19.1. The number of anilines is 1. The molecule has 0 unspecified atom stereocenters. The molecule has 3 rings (SSSR count). The molecule has 0 aliphatic carbocycles. The maximum absolute atomic E-state index is 13.9. The molecule has 3 nitrogen and oxygen atoms in total. The minimum absolute atomic E-state index is 0.181. The van der Waals surface area contributed by atoms with Crippen LogP contribution in [-0.4, -0.2) is 11.9 Å². The van der Waals surface area contributed by atoms with Crippen LogP contribution in [0.15, 0.2) is 54.6 Å². The van der Waals surface area contributed by atoms with E-state index in [9.17, 15) is 9.18 Å². The average molecular weight is 256 g/mol. The van der Waals surface area contributed by atoms with Crippen LogP contribution in [0.3, 0.4) is 0 Å². The van der Waals surface area contributed by atoms with Gasteiger partial charge in [0.2, 0.25) is 5.91 Å². The lowest BCUT2D eigenvalue weighted by Gasteiger charge is -2.45. The fourth-order valence-electron chi connectivity index (χ4n) is 2.44. The molecule has 0 radical (unpaired) electrons. The number of nitrogens with two attached hydrogens (primary N) is 1. The highest BCUT2D eigenvalue weighted by Crippen LogP contribution is 2.38. The Kier molecular flexibility index (Phi) is 2.80. The van der Waals surface area contributed by atoms with Gasteiger partial charge in [0.25, 0.3) is 0 Å². The highest BCUT2D eigenvalue weighted by Gasteiger charge is 2.47. The van der Waals surface area contributed by atoms with E-state index < -0.39 is 12.1 Å². The SMILES string of the molecule is N[C@H]1C(=O)N(c2ccccc2)[C@@H]1c1ccccc1F. The molecule has 1 amide bonds. The molecule has 2 atom stereocenters. The number of amides is 1. The Morgan fingerprint density at radius 2 is 1.63 bits per heavy atom. The molecule has 0 bridgehead atoms. The number of β-lactam (4-membered cyclic amide) rings is 1. The van der Waals surface area contributed by atoms with Gasteiger partial charge in [-0.2, -0.15) is 0 Å². The van der Waals surface area contributed by atoms with Crippen LogP contribution in [0.2, 0.25) is 0 Å². The first-order chi connectivity index (χ1) is 9.20. The molecule has 0 saturated carbocycles. The molecule has 4 heteroatoms. The predicted octanol–water partition coefficient (Wildman–Crippen LogP) is 2.24. The van der Waals surface area contributed by atoms with Crippen LogP contribution in [0.4, 0.5) is 10.1 Å². The largest absolute Gasteiger partial charge is 0.318 e. The average Bonchev–Trinajstić information content (AvgIpc) is 2.46. The lowest BCUT2D eigenvalue weighted by atomic mass is 9.88. The summed E-state index contributed by atoms with van der Waals surface area (Å²) < 4.78 is 13.9. The van der Waals surface area contributed by atoms with Crippen molar-refractivity contribution in [3.63, 3.8) is 0 Å². The smallest absolute Gasteiger partial charge is 0.247 e. The Morgan fingerprint density at radius 3 is 2.32 bits per heavy atom. The van der Waals surface area contributed by atoms with Crippen molar-refractivity contribution in [2.75, 3.05) is 4.90 Å². The zero-order chi connectivity index (χ0) is 13.4. The van der Waals surface area contributed by atoms with Crippen molar-refractivity contribution in [1.29, 1.82) is 0 Å². The number of hydrogen-bond donors (Lipinski definition) is 1. The quantitative estimate of drug-likeness (QED) is 0.838. The van der Waals surface area contributed by atoms with Crippen LogP contribution in [0.25, 0.3) is 0 Å². The van der Waals surface area contributed by atoms with Gasteiger partial charge in [-0.25, -0.2) is 4.39 Å². The van der Waals surface area contributed by atoms with Crippen molar-refractivity contribution in [2.45, 2.75) is 12.1 Å². The number of benzene rings is 2. The molecular weight excluding hydrogens is 243 g/mol. The van der Waals surface area contributed by atoms with Gasteiger partial charge in [0, 0.05) is 11.3 Å². The second-order valence-corrected chi connectivity index (χ2v) is 4.54. The summed E-state index contributed by atoms with van der Waals surface area (Å²) in [5.41, 5.74) is 7.03. The summed E-state index contributed by atoms with van der Waals surface area (Å²) in [6.45, 7) is 0. The standard InChI is InChI=1S/C15H13FN2O/c16-12-9-5-4-8-11(12)14-13(17)15(19)18(14)10-6-2-1-3-7-10/h1-9,13-14H,17H2/t13-,14-/m1/s1. The third-order valence-corrected chi connectivity index (χ3v) is 3.40. The van der Waals surface area contributed by atoms with E-state index in [0.29, 0.717) is 5.56 Å². The molecule has 1 aliphatic heterocycles. The number of rotatable bonds is 2. The van der Waals surface area contributed by atoms with E-state index in [-0.39, 0.29) is 11.7 Å². The number of hydrogen-bond acceptors (Lipinski definition) is 2. The van der Waals surface area contributed by atoms with Gasteiger partial charge in [0.15, 0.2) is 0 Å². The molecule has 96 valence electrons. The molecule has 1 saturated heterocycles. The van der Waals surface area contributed by atoms with Crippen LogP contribution < -0.4 is 10.6 Å². The van der Waals surface area contributed by atoms with Crippen LogP contribution in [-0.2, 0) is 4.79 Å². The van der Waals surface area contributed by atoms with E-state index >= 15 is 0 Å². The lowest BCUT2D eigenvalue weighted by Crippen LogP contribution is -2.63.